The minimum absolute atomic E-state index is 0.0570. The fourth-order valence-corrected chi connectivity index (χ4v) is 1.83. The maximum Gasteiger partial charge on any atom is 0.332 e. The summed E-state index contributed by atoms with van der Waals surface area (Å²) in [5.74, 6) is -0.433. The quantitative estimate of drug-likeness (QED) is 0.349. The van der Waals surface area contributed by atoms with Gasteiger partial charge in [-0.25, -0.2) is 4.79 Å². The Balaban J connectivity index is 2.40. The summed E-state index contributed by atoms with van der Waals surface area (Å²) in [5, 5.41) is 10.9. The maximum atomic E-state index is 11.4. The summed E-state index contributed by atoms with van der Waals surface area (Å²) in [6, 6.07) is 4.26. The molecule has 0 bridgehead atoms. The SMILES string of the molecule is CC(C)(C)OC(=O)COCCc1ccc([N+](=O)[O-])cc1Cl. The van der Waals surface area contributed by atoms with E-state index in [1.54, 1.807) is 26.8 Å². The molecule has 0 unspecified atom stereocenters. The van der Waals surface area contributed by atoms with Crippen LogP contribution in [-0.4, -0.2) is 29.7 Å². The predicted molar refractivity (Wildman–Crippen MR) is 78.5 cm³/mol. The largest absolute Gasteiger partial charge is 0.458 e. The van der Waals surface area contributed by atoms with Gasteiger partial charge in [-0.1, -0.05) is 17.7 Å². The van der Waals surface area contributed by atoms with Gasteiger partial charge in [0.05, 0.1) is 16.6 Å². The number of nitro groups is 1. The molecule has 0 radical (unpaired) electrons. The predicted octanol–water partition coefficient (Wildman–Crippen LogP) is 3.15. The third-order valence-electron chi connectivity index (χ3n) is 2.40. The molecule has 0 aliphatic heterocycles. The van der Waals surface area contributed by atoms with Gasteiger partial charge in [0, 0.05) is 12.1 Å². The number of benzene rings is 1. The first-order valence-electron chi connectivity index (χ1n) is 6.41. The summed E-state index contributed by atoms with van der Waals surface area (Å²) in [5.41, 5.74) is 0.132. The number of hydrogen-bond donors (Lipinski definition) is 0. The van der Waals surface area contributed by atoms with Crippen LogP contribution >= 0.6 is 11.6 Å². The Kier molecular flexibility index (Phi) is 6.11. The summed E-state index contributed by atoms with van der Waals surface area (Å²) in [4.78, 5) is 21.5. The zero-order chi connectivity index (χ0) is 16.0. The van der Waals surface area contributed by atoms with Crippen molar-refractivity contribution < 1.29 is 19.2 Å². The molecule has 0 saturated carbocycles. The van der Waals surface area contributed by atoms with Crippen LogP contribution in [0.25, 0.3) is 0 Å². The highest BCUT2D eigenvalue weighted by atomic mass is 35.5. The van der Waals surface area contributed by atoms with Crippen LogP contribution in [-0.2, 0) is 20.7 Å². The van der Waals surface area contributed by atoms with Crippen molar-refractivity contribution in [1.82, 2.24) is 0 Å². The molecule has 0 aromatic heterocycles. The monoisotopic (exact) mass is 315 g/mol. The fraction of sp³-hybridized carbons (Fsp3) is 0.500. The number of halogens is 1. The number of carbonyl (C=O) groups is 1. The summed E-state index contributed by atoms with van der Waals surface area (Å²) < 4.78 is 10.3. The topological polar surface area (TPSA) is 78.7 Å². The maximum absolute atomic E-state index is 11.4. The smallest absolute Gasteiger partial charge is 0.332 e. The van der Waals surface area contributed by atoms with Gasteiger partial charge in [-0.3, -0.25) is 10.1 Å². The molecule has 0 atom stereocenters. The van der Waals surface area contributed by atoms with Crippen molar-refractivity contribution in [1.29, 1.82) is 0 Å². The molecule has 21 heavy (non-hydrogen) atoms. The Morgan fingerprint density at radius 3 is 2.57 bits per heavy atom. The standard InChI is InChI=1S/C14H18ClNO5/c1-14(2,3)21-13(17)9-20-7-6-10-4-5-11(16(18)19)8-12(10)15/h4-5,8H,6-7,9H2,1-3H3. The second-order valence-corrected chi connectivity index (χ2v) is 5.83. The van der Waals surface area contributed by atoms with Gasteiger partial charge < -0.3 is 9.47 Å². The molecule has 1 aromatic rings. The highest BCUT2D eigenvalue weighted by molar-refractivity contribution is 6.31. The Hall–Kier alpha value is -1.66. The average molecular weight is 316 g/mol. The number of nitro benzene ring substituents is 1. The summed E-state index contributed by atoms with van der Waals surface area (Å²) in [7, 11) is 0. The lowest BCUT2D eigenvalue weighted by Crippen LogP contribution is -2.26. The molecule has 1 aromatic carbocycles. The number of nitrogens with zero attached hydrogens (tertiary/aromatic N) is 1. The molecule has 116 valence electrons. The molecule has 0 N–H and O–H groups in total. The molecule has 0 fully saturated rings. The van der Waals surface area contributed by atoms with Gasteiger partial charge in [0.2, 0.25) is 0 Å². The molecule has 1 rings (SSSR count). The van der Waals surface area contributed by atoms with E-state index in [1.807, 2.05) is 0 Å². The van der Waals surface area contributed by atoms with Crippen molar-refractivity contribution >= 4 is 23.3 Å². The second kappa shape index (κ2) is 7.38. The third-order valence-corrected chi connectivity index (χ3v) is 2.75. The van der Waals surface area contributed by atoms with Crippen molar-refractivity contribution in [2.75, 3.05) is 13.2 Å². The molecule has 6 nitrogen and oxygen atoms in total. The fourth-order valence-electron chi connectivity index (χ4n) is 1.56. The lowest BCUT2D eigenvalue weighted by Gasteiger charge is -2.19. The second-order valence-electron chi connectivity index (χ2n) is 5.42. The summed E-state index contributed by atoms with van der Waals surface area (Å²) >= 11 is 5.95. The Labute approximate surface area is 128 Å². The van der Waals surface area contributed by atoms with Gasteiger partial charge in [-0.2, -0.15) is 0 Å². The number of non-ortho nitro benzene ring substituents is 1. The normalized spacial score (nSPS) is 11.2. The first kappa shape index (κ1) is 17.4. The molecular formula is C14H18ClNO5. The molecule has 0 aliphatic rings. The number of carbonyl (C=O) groups excluding carboxylic acids is 1. The lowest BCUT2D eigenvalue weighted by molar-refractivity contribution is -0.384. The van der Waals surface area contributed by atoms with Crippen LogP contribution < -0.4 is 0 Å². The van der Waals surface area contributed by atoms with Crippen molar-refractivity contribution in [2.45, 2.75) is 32.8 Å². The van der Waals surface area contributed by atoms with Crippen LogP contribution in [0.2, 0.25) is 5.02 Å². The van der Waals surface area contributed by atoms with Crippen molar-refractivity contribution in [3.8, 4) is 0 Å². The van der Waals surface area contributed by atoms with Gasteiger partial charge >= 0.3 is 5.97 Å². The molecule has 0 saturated heterocycles. The van der Waals surface area contributed by atoms with Crippen LogP contribution in [0.3, 0.4) is 0 Å². The molecule has 0 amide bonds. The van der Waals surface area contributed by atoms with E-state index >= 15 is 0 Å². The summed E-state index contributed by atoms with van der Waals surface area (Å²) in [6.07, 6.45) is 0.458. The highest BCUT2D eigenvalue weighted by Crippen LogP contribution is 2.22. The van der Waals surface area contributed by atoms with Crippen molar-refractivity contribution in [2.24, 2.45) is 0 Å². The first-order valence-corrected chi connectivity index (χ1v) is 6.79. The average Bonchev–Trinajstić information content (AvgIpc) is 2.33. The van der Waals surface area contributed by atoms with E-state index in [4.69, 9.17) is 21.1 Å². The zero-order valence-corrected chi connectivity index (χ0v) is 13.0. The van der Waals surface area contributed by atoms with Gasteiger partial charge in [0.15, 0.2) is 0 Å². The third kappa shape index (κ3) is 6.55. The van der Waals surface area contributed by atoms with E-state index in [9.17, 15) is 14.9 Å². The van der Waals surface area contributed by atoms with Crippen molar-refractivity contribution in [3.05, 3.63) is 38.9 Å². The number of ether oxygens (including phenoxy) is 2. The lowest BCUT2D eigenvalue weighted by atomic mass is 10.1. The molecular weight excluding hydrogens is 298 g/mol. The number of esters is 1. The minimum Gasteiger partial charge on any atom is -0.458 e. The van der Waals surface area contributed by atoms with Crippen LogP contribution in [0, 0.1) is 10.1 Å². The summed E-state index contributed by atoms with van der Waals surface area (Å²) in [6.45, 7) is 5.48. The van der Waals surface area contributed by atoms with E-state index < -0.39 is 16.5 Å². The first-order chi connectivity index (χ1) is 9.69. The van der Waals surface area contributed by atoms with Gasteiger partial charge in [-0.15, -0.1) is 0 Å². The van der Waals surface area contributed by atoms with E-state index in [0.717, 1.165) is 5.56 Å². The van der Waals surface area contributed by atoms with E-state index in [1.165, 1.54) is 12.1 Å². The molecule has 0 spiro atoms. The molecule has 0 aliphatic carbocycles. The van der Waals surface area contributed by atoms with Gasteiger partial charge in [-0.05, 0) is 32.8 Å². The highest BCUT2D eigenvalue weighted by Gasteiger charge is 2.16. The Morgan fingerprint density at radius 2 is 2.05 bits per heavy atom. The van der Waals surface area contributed by atoms with E-state index in [0.29, 0.717) is 11.4 Å². The van der Waals surface area contributed by atoms with E-state index in [-0.39, 0.29) is 18.9 Å². The van der Waals surface area contributed by atoms with Gasteiger partial charge in [0.25, 0.3) is 5.69 Å². The number of hydrogen-bond acceptors (Lipinski definition) is 5. The Bertz CT molecular complexity index is 525. The van der Waals surface area contributed by atoms with Crippen LogP contribution in [0.1, 0.15) is 26.3 Å². The van der Waals surface area contributed by atoms with Crippen molar-refractivity contribution in [3.63, 3.8) is 0 Å². The zero-order valence-electron chi connectivity index (χ0n) is 12.2. The van der Waals surface area contributed by atoms with Gasteiger partial charge in [0.1, 0.15) is 12.2 Å². The Morgan fingerprint density at radius 1 is 1.38 bits per heavy atom. The van der Waals surface area contributed by atoms with E-state index in [2.05, 4.69) is 0 Å². The minimum atomic E-state index is -0.540. The molecule has 7 heteroatoms. The molecule has 0 heterocycles. The van der Waals surface area contributed by atoms with Crippen LogP contribution in [0.5, 0.6) is 0 Å². The number of rotatable bonds is 6. The van der Waals surface area contributed by atoms with Crippen LogP contribution in [0.15, 0.2) is 18.2 Å². The van der Waals surface area contributed by atoms with Crippen LogP contribution in [0.4, 0.5) is 5.69 Å².